The van der Waals surface area contributed by atoms with Crippen molar-refractivity contribution in [2.24, 2.45) is 0 Å². The Kier molecular flexibility index (Phi) is 5.88. The Morgan fingerprint density at radius 3 is 2.80 bits per heavy atom. The lowest BCUT2D eigenvalue weighted by atomic mass is 9.97. The highest BCUT2D eigenvalue weighted by Gasteiger charge is 2.22. The van der Waals surface area contributed by atoms with Gasteiger partial charge in [0.1, 0.15) is 0 Å². The summed E-state index contributed by atoms with van der Waals surface area (Å²) in [5.41, 5.74) is 1.29. The number of hydrogen-bond acceptors (Lipinski definition) is 2. The minimum absolute atomic E-state index is 0.396. The van der Waals surface area contributed by atoms with Crippen LogP contribution in [0, 0.1) is 0 Å². The van der Waals surface area contributed by atoms with Gasteiger partial charge >= 0.3 is 0 Å². The molecule has 3 unspecified atom stereocenters. The molecule has 1 saturated heterocycles. The molecule has 0 bridgehead atoms. The zero-order valence-electron chi connectivity index (χ0n) is 12.9. The van der Waals surface area contributed by atoms with Crippen molar-refractivity contribution in [1.29, 1.82) is 0 Å². The van der Waals surface area contributed by atoms with Gasteiger partial charge in [0, 0.05) is 23.1 Å². The largest absolute Gasteiger partial charge is 0.314 e. The van der Waals surface area contributed by atoms with E-state index in [1.807, 2.05) is 12.1 Å². The van der Waals surface area contributed by atoms with E-state index >= 15 is 0 Å². The molecule has 3 heteroatoms. The highest BCUT2D eigenvalue weighted by molar-refractivity contribution is 6.30. The summed E-state index contributed by atoms with van der Waals surface area (Å²) in [6.45, 7) is 5.78. The molecule has 1 aliphatic heterocycles. The zero-order valence-corrected chi connectivity index (χ0v) is 13.7. The molecule has 1 aromatic rings. The standard InChI is InChI=1S/C17H27ClN2/c1-13(11-17-9-4-5-10-19-17)20(3)14(2)15-7-6-8-16(18)12-15/h6-8,12-14,17,19H,4-5,9-11H2,1-3H3. The molecule has 0 spiro atoms. The van der Waals surface area contributed by atoms with Gasteiger partial charge in [0.05, 0.1) is 0 Å². The van der Waals surface area contributed by atoms with E-state index in [9.17, 15) is 0 Å². The van der Waals surface area contributed by atoms with Crippen molar-refractivity contribution in [2.75, 3.05) is 13.6 Å². The number of hydrogen-bond donors (Lipinski definition) is 1. The fourth-order valence-electron chi connectivity index (χ4n) is 3.09. The molecule has 1 N–H and O–H groups in total. The number of piperidine rings is 1. The number of benzene rings is 1. The van der Waals surface area contributed by atoms with Gasteiger partial charge in [-0.2, -0.15) is 0 Å². The maximum atomic E-state index is 6.10. The van der Waals surface area contributed by atoms with Gasteiger partial charge in [-0.1, -0.05) is 30.2 Å². The van der Waals surface area contributed by atoms with Crippen LogP contribution in [-0.2, 0) is 0 Å². The minimum Gasteiger partial charge on any atom is -0.314 e. The van der Waals surface area contributed by atoms with Gasteiger partial charge < -0.3 is 5.32 Å². The van der Waals surface area contributed by atoms with Crippen LogP contribution >= 0.6 is 11.6 Å². The van der Waals surface area contributed by atoms with E-state index in [0.29, 0.717) is 18.1 Å². The highest BCUT2D eigenvalue weighted by atomic mass is 35.5. The lowest BCUT2D eigenvalue weighted by molar-refractivity contribution is 0.170. The van der Waals surface area contributed by atoms with Crippen molar-refractivity contribution >= 4 is 11.6 Å². The topological polar surface area (TPSA) is 15.3 Å². The van der Waals surface area contributed by atoms with E-state index in [-0.39, 0.29) is 0 Å². The van der Waals surface area contributed by atoms with Crippen LogP contribution in [0.4, 0.5) is 0 Å². The Morgan fingerprint density at radius 1 is 1.35 bits per heavy atom. The molecule has 0 aliphatic carbocycles. The van der Waals surface area contributed by atoms with Crippen molar-refractivity contribution in [2.45, 2.75) is 57.7 Å². The fourth-order valence-corrected chi connectivity index (χ4v) is 3.29. The lowest BCUT2D eigenvalue weighted by Crippen LogP contribution is -2.41. The van der Waals surface area contributed by atoms with Gasteiger partial charge in [0.2, 0.25) is 0 Å². The molecule has 2 rings (SSSR count). The van der Waals surface area contributed by atoms with E-state index < -0.39 is 0 Å². The Labute approximate surface area is 128 Å². The second-order valence-electron chi connectivity index (χ2n) is 6.13. The molecule has 2 nitrogen and oxygen atoms in total. The predicted octanol–water partition coefficient (Wildman–Crippen LogP) is 4.25. The summed E-state index contributed by atoms with van der Waals surface area (Å²) in [6, 6.07) is 9.87. The van der Waals surface area contributed by atoms with Crippen molar-refractivity contribution in [3.05, 3.63) is 34.9 Å². The summed E-state index contributed by atoms with van der Waals surface area (Å²) in [4.78, 5) is 2.46. The van der Waals surface area contributed by atoms with Crippen LogP contribution in [0.25, 0.3) is 0 Å². The third-order valence-electron chi connectivity index (χ3n) is 4.68. The Morgan fingerprint density at radius 2 is 2.15 bits per heavy atom. The molecular weight excluding hydrogens is 268 g/mol. The number of rotatable bonds is 5. The van der Waals surface area contributed by atoms with Crippen molar-refractivity contribution in [1.82, 2.24) is 10.2 Å². The smallest absolute Gasteiger partial charge is 0.0409 e. The molecule has 20 heavy (non-hydrogen) atoms. The Balaban J connectivity index is 1.93. The molecule has 0 radical (unpaired) electrons. The first kappa shape index (κ1) is 15.8. The van der Waals surface area contributed by atoms with Gasteiger partial charge in [-0.05, 0) is 64.4 Å². The van der Waals surface area contributed by atoms with Gasteiger partial charge in [0.15, 0.2) is 0 Å². The zero-order chi connectivity index (χ0) is 14.5. The quantitative estimate of drug-likeness (QED) is 0.873. The van der Waals surface area contributed by atoms with Crippen molar-refractivity contribution in [3.8, 4) is 0 Å². The van der Waals surface area contributed by atoms with E-state index in [2.05, 4.69) is 43.2 Å². The van der Waals surface area contributed by atoms with Gasteiger partial charge in [-0.3, -0.25) is 4.90 Å². The van der Waals surface area contributed by atoms with E-state index in [1.165, 1.54) is 37.8 Å². The third kappa shape index (κ3) is 4.21. The average Bonchev–Trinajstić information content (AvgIpc) is 2.46. The van der Waals surface area contributed by atoms with Crippen LogP contribution in [0.1, 0.15) is 51.1 Å². The van der Waals surface area contributed by atoms with Crippen molar-refractivity contribution in [3.63, 3.8) is 0 Å². The van der Waals surface area contributed by atoms with Crippen LogP contribution in [0.5, 0.6) is 0 Å². The van der Waals surface area contributed by atoms with E-state index in [0.717, 1.165) is 5.02 Å². The molecule has 0 saturated carbocycles. The summed E-state index contributed by atoms with van der Waals surface area (Å²) in [5, 5.41) is 4.47. The molecule has 1 aliphatic rings. The first-order valence-electron chi connectivity index (χ1n) is 7.78. The molecule has 1 fully saturated rings. The first-order valence-corrected chi connectivity index (χ1v) is 8.16. The number of nitrogens with zero attached hydrogens (tertiary/aromatic N) is 1. The molecule has 112 valence electrons. The van der Waals surface area contributed by atoms with Crippen LogP contribution in [0.3, 0.4) is 0 Å². The van der Waals surface area contributed by atoms with Gasteiger partial charge in [0.25, 0.3) is 0 Å². The van der Waals surface area contributed by atoms with E-state index in [4.69, 9.17) is 11.6 Å². The Bertz CT molecular complexity index is 415. The maximum absolute atomic E-state index is 6.10. The molecule has 1 heterocycles. The number of halogens is 1. The third-order valence-corrected chi connectivity index (χ3v) is 4.91. The normalized spacial score (nSPS) is 22.8. The molecule has 1 aromatic carbocycles. The second-order valence-corrected chi connectivity index (χ2v) is 6.56. The summed E-state index contributed by atoms with van der Waals surface area (Å²) >= 11 is 6.10. The average molecular weight is 295 g/mol. The molecule has 0 aromatic heterocycles. The van der Waals surface area contributed by atoms with Gasteiger partial charge in [-0.15, -0.1) is 0 Å². The van der Waals surface area contributed by atoms with Crippen LogP contribution in [-0.4, -0.2) is 30.6 Å². The summed E-state index contributed by atoms with van der Waals surface area (Å²) < 4.78 is 0. The summed E-state index contributed by atoms with van der Waals surface area (Å²) in [6.07, 6.45) is 5.25. The van der Waals surface area contributed by atoms with Crippen LogP contribution in [0.2, 0.25) is 5.02 Å². The van der Waals surface area contributed by atoms with E-state index in [1.54, 1.807) is 0 Å². The lowest BCUT2D eigenvalue weighted by Gasteiger charge is -2.34. The minimum atomic E-state index is 0.396. The van der Waals surface area contributed by atoms with Crippen LogP contribution < -0.4 is 5.32 Å². The first-order chi connectivity index (χ1) is 9.58. The highest BCUT2D eigenvalue weighted by Crippen LogP contribution is 2.25. The summed E-state index contributed by atoms with van der Waals surface area (Å²) in [5.74, 6) is 0. The van der Waals surface area contributed by atoms with Crippen LogP contribution in [0.15, 0.2) is 24.3 Å². The fraction of sp³-hybridized carbons (Fsp3) is 0.647. The molecular formula is C17H27ClN2. The molecule has 3 atom stereocenters. The Hall–Kier alpha value is -0.570. The summed E-state index contributed by atoms with van der Waals surface area (Å²) in [7, 11) is 2.22. The van der Waals surface area contributed by atoms with Crippen molar-refractivity contribution < 1.29 is 0 Å². The predicted molar refractivity (Wildman–Crippen MR) is 87.4 cm³/mol. The number of nitrogens with one attached hydrogen (secondary N) is 1. The SMILES string of the molecule is CC(CC1CCCCN1)N(C)C(C)c1cccc(Cl)c1. The van der Waals surface area contributed by atoms with Gasteiger partial charge in [-0.25, -0.2) is 0 Å². The molecule has 0 amide bonds. The monoisotopic (exact) mass is 294 g/mol. The maximum Gasteiger partial charge on any atom is 0.0409 e. The second kappa shape index (κ2) is 7.44.